The Labute approximate surface area is 105 Å². The van der Waals surface area contributed by atoms with Crippen LogP contribution in [0, 0.1) is 0 Å². The van der Waals surface area contributed by atoms with Crippen molar-refractivity contribution in [1.29, 1.82) is 0 Å². The zero-order valence-corrected chi connectivity index (χ0v) is 9.97. The molecule has 17 heavy (non-hydrogen) atoms. The SMILES string of the molecule is Cl.FC(F)Oc1ccc([C@@H]2CNCCN2)cc1. The molecule has 1 atom stereocenters. The Bertz CT molecular complexity index is 329. The predicted molar refractivity (Wildman–Crippen MR) is 63.9 cm³/mol. The van der Waals surface area contributed by atoms with Gasteiger partial charge in [-0.3, -0.25) is 0 Å². The maximum Gasteiger partial charge on any atom is 0.387 e. The van der Waals surface area contributed by atoms with Crippen LogP contribution in [-0.4, -0.2) is 26.2 Å². The van der Waals surface area contributed by atoms with Crippen molar-refractivity contribution in [2.45, 2.75) is 12.7 Å². The standard InChI is InChI=1S/C11H14F2N2O.ClH/c12-11(13)16-9-3-1-8(2-4-9)10-7-14-5-6-15-10;/h1-4,10-11,14-15H,5-7H2;1H/t10-;/m0./s1. The lowest BCUT2D eigenvalue weighted by Gasteiger charge is -2.24. The van der Waals surface area contributed by atoms with Crippen LogP contribution in [0.1, 0.15) is 11.6 Å². The van der Waals surface area contributed by atoms with Crippen LogP contribution in [-0.2, 0) is 0 Å². The molecular formula is C11H15ClF2N2O. The van der Waals surface area contributed by atoms with Crippen molar-refractivity contribution in [3.63, 3.8) is 0 Å². The van der Waals surface area contributed by atoms with Gasteiger partial charge in [-0.2, -0.15) is 8.78 Å². The molecule has 6 heteroatoms. The average molecular weight is 265 g/mol. The molecule has 96 valence electrons. The molecule has 2 rings (SSSR count). The van der Waals surface area contributed by atoms with Crippen LogP contribution in [0.2, 0.25) is 0 Å². The van der Waals surface area contributed by atoms with Gasteiger partial charge in [-0.1, -0.05) is 12.1 Å². The second kappa shape index (κ2) is 6.74. The monoisotopic (exact) mass is 264 g/mol. The van der Waals surface area contributed by atoms with E-state index >= 15 is 0 Å². The minimum Gasteiger partial charge on any atom is -0.435 e. The molecule has 0 radical (unpaired) electrons. The second-order valence-electron chi connectivity index (χ2n) is 3.66. The van der Waals surface area contributed by atoms with Gasteiger partial charge in [0.25, 0.3) is 0 Å². The van der Waals surface area contributed by atoms with Crippen molar-refractivity contribution in [3.8, 4) is 5.75 Å². The Kier molecular flexibility index (Phi) is 5.61. The fourth-order valence-electron chi connectivity index (χ4n) is 1.77. The first kappa shape index (κ1) is 14.2. The topological polar surface area (TPSA) is 33.3 Å². The third-order valence-corrected chi connectivity index (χ3v) is 2.55. The van der Waals surface area contributed by atoms with Gasteiger partial charge < -0.3 is 15.4 Å². The second-order valence-corrected chi connectivity index (χ2v) is 3.66. The highest BCUT2D eigenvalue weighted by atomic mass is 35.5. The largest absolute Gasteiger partial charge is 0.435 e. The predicted octanol–water partition coefficient (Wildman–Crippen LogP) is 1.94. The van der Waals surface area contributed by atoms with E-state index in [9.17, 15) is 8.78 Å². The maximum atomic E-state index is 11.9. The molecule has 0 bridgehead atoms. The first-order valence-electron chi connectivity index (χ1n) is 5.24. The third-order valence-electron chi connectivity index (χ3n) is 2.55. The van der Waals surface area contributed by atoms with Crippen LogP contribution in [0.5, 0.6) is 5.75 Å². The van der Waals surface area contributed by atoms with E-state index in [1.165, 1.54) is 0 Å². The van der Waals surface area contributed by atoms with Gasteiger partial charge in [0.2, 0.25) is 0 Å². The van der Waals surface area contributed by atoms with Crippen LogP contribution < -0.4 is 15.4 Å². The normalized spacial score (nSPS) is 19.8. The Morgan fingerprint density at radius 2 is 1.88 bits per heavy atom. The van der Waals surface area contributed by atoms with Crippen LogP contribution in [0.3, 0.4) is 0 Å². The summed E-state index contributed by atoms with van der Waals surface area (Å²) in [4.78, 5) is 0. The van der Waals surface area contributed by atoms with E-state index in [1.807, 2.05) is 12.1 Å². The molecule has 0 amide bonds. The molecule has 1 heterocycles. The molecule has 3 nitrogen and oxygen atoms in total. The summed E-state index contributed by atoms with van der Waals surface area (Å²) < 4.78 is 28.1. The third kappa shape index (κ3) is 4.11. The van der Waals surface area contributed by atoms with Gasteiger partial charge in [-0.05, 0) is 17.7 Å². The van der Waals surface area contributed by atoms with E-state index < -0.39 is 6.61 Å². The van der Waals surface area contributed by atoms with E-state index in [-0.39, 0.29) is 24.2 Å². The highest BCUT2D eigenvalue weighted by Crippen LogP contribution is 2.19. The number of benzene rings is 1. The zero-order chi connectivity index (χ0) is 11.4. The Balaban J connectivity index is 0.00000144. The summed E-state index contributed by atoms with van der Waals surface area (Å²) in [6.07, 6.45) is 0. The van der Waals surface area contributed by atoms with E-state index in [2.05, 4.69) is 15.4 Å². The van der Waals surface area contributed by atoms with Crippen LogP contribution in [0.4, 0.5) is 8.78 Å². The van der Waals surface area contributed by atoms with Gasteiger partial charge in [0, 0.05) is 25.7 Å². The summed E-state index contributed by atoms with van der Waals surface area (Å²) in [5.41, 5.74) is 1.08. The quantitative estimate of drug-likeness (QED) is 0.875. The molecule has 0 saturated carbocycles. The Morgan fingerprint density at radius 3 is 2.41 bits per heavy atom. The number of rotatable bonds is 3. The van der Waals surface area contributed by atoms with Crippen molar-refractivity contribution in [2.75, 3.05) is 19.6 Å². The molecule has 0 spiro atoms. The van der Waals surface area contributed by atoms with Crippen LogP contribution in [0.15, 0.2) is 24.3 Å². The van der Waals surface area contributed by atoms with Crippen LogP contribution >= 0.6 is 12.4 Å². The molecular weight excluding hydrogens is 250 g/mol. The van der Waals surface area contributed by atoms with E-state index in [0.717, 1.165) is 25.2 Å². The number of piperazine rings is 1. The fourth-order valence-corrected chi connectivity index (χ4v) is 1.77. The number of halogens is 3. The van der Waals surface area contributed by atoms with Gasteiger partial charge in [0.15, 0.2) is 0 Å². The highest BCUT2D eigenvalue weighted by molar-refractivity contribution is 5.85. The van der Waals surface area contributed by atoms with Gasteiger partial charge in [0.1, 0.15) is 5.75 Å². The summed E-state index contributed by atoms with van der Waals surface area (Å²) >= 11 is 0. The van der Waals surface area contributed by atoms with Crippen molar-refractivity contribution in [3.05, 3.63) is 29.8 Å². The zero-order valence-electron chi connectivity index (χ0n) is 9.16. The van der Waals surface area contributed by atoms with Crippen molar-refractivity contribution in [2.24, 2.45) is 0 Å². The summed E-state index contributed by atoms with van der Waals surface area (Å²) in [6.45, 7) is -0.0294. The lowest BCUT2D eigenvalue weighted by molar-refractivity contribution is -0.0498. The molecule has 0 aromatic heterocycles. The molecule has 1 aromatic carbocycles. The Morgan fingerprint density at radius 1 is 1.18 bits per heavy atom. The molecule has 1 fully saturated rings. The molecule has 1 aliphatic rings. The smallest absolute Gasteiger partial charge is 0.387 e. The van der Waals surface area contributed by atoms with Gasteiger partial charge in [0.05, 0.1) is 0 Å². The number of hydrogen-bond acceptors (Lipinski definition) is 3. The number of hydrogen-bond donors (Lipinski definition) is 2. The first-order chi connectivity index (χ1) is 7.75. The lowest BCUT2D eigenvalue weighted by Crippen LogP contribution is -2.42. The van der Waals surface area contributed by atoms with Crippen molar-refractivity contribution >= 4 is 12.4 Å². The molecule has 1 saturated heterocycles. The average Bonchev–Trinajstić information content (AvgIpc) is 2.30. The number of ether oxygens (including phenoxy) is 1. The lowest BCUT2D eigenvalue weighted by atomic mass is 10.1. The minimum atomic E-state index is -2.76. The summed E-state index contributed by atoms with van der Waals surface area (Å²) in [5, 5.41) is 6.61. The molecule has 0 unspecified atom stereocenters. The molecule has 1 aliphatic heterocycles. The maximum absolute atomic E-state index is 11.9. The van der Waals surface area contributed by atoms with E-state index in [0.29, 0.717) is 0 Å². The van der Waals surface area contributed by atoms with Gasteiger partial charge in [-0.15, -0.1) is 12.4 Å². The molecule has 1 aromatic rings. The number of nitrogens with one attached hydrogen (secondary N) is 2. The van der Waals surface area contributed by atoms with Gasteiger partial charge in [-0.25, -0.2) is 0 Å². The van der Waals surface area contributed by atoms with E-state index in [1.54, 1.807) is 12.1 Å². The Hall–Kier alpha value is -0.910. The van der Waals surface area contributed by atoms with E-state index in [4.69, 9.17) is 0 Å². The van der Waals surface area contributed by atoms with Crippen molar-refractivity contribution in [1.82, 2.24) is 10.6 Å². The first-order valence-corrected chi connectivity index (χ1v) is 5.24. The van der Waals surface area contributed by atoms with Crippen molar-refractivity contribution < 1.29 is 13.5 Å². The minimum absolute atomic E-state index is 0. The highest BCUT2D eigenvalue weighted by Gasteiger charge is 2.14. The molecule has 0 aliphatic carbocycles. The van der Waals surface area contributed by atoms with Gasteiger partial charge >= 0.3 is 6.61 Å². The fraction of sp³-hybridized carbons (Fsp3) is 0.455. The summed E-state index contributed by atoms with van der Waals surface area (Å²) in [5.74, 6) is 0.197. The molecule has 2 N–H and O–H groups in total. The number of alkyl halides is 2. The van der Waals surface area contributed by atoms with Crippen LogP contribution in [0.25, 0.3) is 0 Å². The summed E-state index contributed by atoms with van der Waals surface area (Å²) in [7, 11) is 0. The summed E-state index contributed by atoms with van der Waals surface area (Å²) in [6, 6.07) is 7.00.